The standard InChI is InChI=1S/C24H27NO3/c1-4-5-9-14-25-22(19-10-7-6-8-11-19)15-20-12-13-21(16-23(20)25)27-17-28-24(26)18(2)3/h6-8,10-13,15-16H,2,4-5,9,14,17H2,1,3H3. The minimum atomic E-state index is -0.449. The fourth-order valence-corrected chi connectivity index (χ4v) is 3.21. The lowest BCUT2D eigenvalue weighted by molar-refractivity contribution is -0.145. The predicted molar refractivity (Wildman–Crippen MR) is 113 cm³/mol. The van der Waals surface area contributed by atoms with E-state index in [1.807, 2.05) is 24.3 Å². The number of benzene rings is 2. The monoisotopic (exact) mass is 377 g/mol. The minimum absolute atomic E-state index is 0.126. The molecule has 0 unspecified atom stereocenters. The number of hydrogen-bond donors (Lipinski definition) is 0. The average molecular weight is 377 g/mol. The third kappa shape index (κ3) is 4.63. The van der Waals surface area contributed by atoms with Gasteiger partial charge in [-0.2, -0.15) is 0 Å². The average Bonchev–Trinajstić information content (AvgIpc) is 3.07. The van der Waals surface area contributed by atoms with E-state index < -0.39 is 5.97 Å². The van der Waals surface area contributed by atoms with Crippen LogP contribution in [-0.4, -0.2) is 17.3 Å². The predicted octanol–water partition coefficient (Wildman–Crippen LogP) is 5.95. The Balaban J connectivity index is 1.88. The Bertz CT molecular complexity index is 957. The molecule has 0 aliphatic carbocycles. The molecular formula is C24H27NO3. The third-order valence-corrected chi connectivity index (χ3v) is 4.69. The fourth-order valence-electron chi connectivity index (χ4n) is 3.21. The van der Waals surface area contributed by atoms with E-state index in [2.05, 4.69) is 48.4 Å². The van der Waals surface area contributed by atoms with Crippen LogP contribution in [0.25, 0.3) is 22.2 Å². The van der Waals surface area contributed by atoms with Crippen LogP contribution in [0.4, 0.5) is 0 Å². The number of rotatable bonds is 9. The van der Waals surface area contributed by atoms with E-state index in [1.165, 1.54) is 29.5 Å². The summed E-state index contributed by atoms with van der Waals surface area (Å²) in [6.45, 7) is 8.22. The largest absolute Gasteiger partial charge is 0.457 e. The van der Waals surface area contributed by atoms with Crippen LogP contribution in [0.2, 0.25) is 0 Å². The zero-order chi connectivity index (χ0) is 19.9. The second kappa shape index (κ2) is 9.27. The molecule has 2 aromatic carbocycles. The summed E-state index contributed by atoms with van der Waals surface area (Å²) in [4.78, 5) is 11.5. The molecule has 3 rings (SSSR count). The number of carbonyl (C=O) groups excluding carboxylic acids is 1. The van der Waals surface area contributed by atoms with Crippen molar-refractivity contribution in [2.75, 3.05) is 6.79 Å². The molecule has 0 atom stereocenters. The van der Waals surface area contributed by atoms with Gasteiger partial charge in [-0.05, 0) is 37.1 Å². The Morgan fingerprint density at radius 2 is 1.86 bits per heavy atom. The lowest BCUT2D eigenvalue weighted by atomic mass is 10.1. The Morgan fingerprint density at radius 1 is 1.07 bits per heavy atom. The molecule has 0 N–H and O–H groups in total. The first-order chi connectivity index (χ1) is 13.6. The van der Waals surface area contributed by atoms with Gasteiger partial charge in [-0.15, -0.1) is 0 Å². The molecule has 1 heterocycles. The first kappa shape index (κ1) is 19.7. The maximum Gasteiger partial charge on any atom is 0.335 e. The quantitative estimate of drug-likeness (QED) is 0.200. The summed E-state index contributed by atoms with van der Waals surface area (Å²) in [7, 11) is 0. The van der Waals surface area contributed by atoms with E-state index in [1.54, 1.807) is 6.92 Å². The molecule has 0 aliphatic rings. The van der Waals surface area contributed by atoms with E-state index in [-0.39, 0.29) is 6.79 Å². The van der Waals surface area contributed by atoms with Crippen molar-refractivity contribution in [2.24, 2.45) is 0 Å². The van der Waals surface area contributed by atoms with Gasteiger partial charge in [0, 0.05) is 29.3 Å². The first-order valence-electron chi connectivity index (χ1n) is 9.74. The molecule has 28 heavy (non-hydrogen) atoms. The van der Waals surface area contributed by atoms with Gasteiger partial charge in [0.15, 0.2) is 0 Å². The van der Waals surface area contributed by atoms with Gasteiger partial charge in [0.1, 0.15) is 5.75 Å². The highest BCUT2D eigenvalue weighted by molar-refractivity contribution is 5.88. The van der Waals surface area contributed by atoms with Gasteiger partial charge >= 0.3 is 5.97 Å². The van der Waals surface area contributed by atoms with Crippen LogP contribution in [0.1, 0.15) is 33.1 Å². The minimum Gasteiger partial charge on any atom is -0.457 e. The van der Waals surface area contributed by atoms with Gasteiger partial charge in [-0.1, -0.05) is 56.7 Å². The van der Waals surface area contributed by atoms with Crippen molar-refractivity contribution in [1.29, 1.82) is 0 Å². The topological polar surface area (TPSA) is 40.5 Å². The molecule has 3 aromatic rings. The Kier molecular flexibility index (Phi) is 6.53. The Morgan fingerprint density at radius 3 is 2.57 bits per heavy atom. The molecule has 4 nitrogen and oxygen atoms in total. The number of ether oxygens (including phenoxy) is 2. The number of carbonyl (C=O) groups is 1. The van der Waals surface area contributed by atoms with Crippen LogP contribution in [0.3, 0.4) is 0 Å². The van der Waals surface area contributed by atoms with Crippen LogP contribution in [0.5, 0.6) is 5.75 Å². The van der Waals surface area contributed by atoms with Gasteiger partial charge in [0.25, 0.3) is 0 Å². The van der Waals surface area contributed by atoms with Crippen LogP contribution < -0.4 is 4.74 Å². The van der Waals surface area contributed by atoms with Gasteiger partial charge in [0.05, 0.1) is 5.52 Å². The lowest BCUT2D eigenvalue weighted by Crippen LogP contribution is -2.10. The summed E-state index contributed by atoms with van der Waals surface area (Å²) in [6.07, 6.45) is 3.50. The molecule has 0 spiro atoms. The van der Waals surface area contributed by atoms with Crippen molar-refractivity contribution in [3.8, 4) is 17.0 Å². The molecule has 146 valence electrons. The lowest BCUT2D eigenvalue weighted by Gasteiger charge is -2.12. The summed E-state index contributed by atoms with van der Waals surface area (Å²) < 4.78 is 13.0. The van der Waals surface area contributed by atoms with E-state index in [0.717, 1.165) is 18.5 Å². The molecule has 0 amide bonds. The second-order valence-corrected chi connectivity index (χ2v) is 6.95. The van der Waals surface area contributed by atoms with Gasteiger partial charge in [-0.25, -0.2) is 4.79 Å². The summed E-state index contributed by atoms with van der Waals surface area (Å²) in [6, 6.07) is 18.6. The molecule has 0 saturated carbocycles. The first-order valence-corrected chi connectivity index (χ1v) is 9.74. The van der Waals surface area contributed by atoms with Crippen molar-refractivity contribution in [1.82, 2.24) is 4.57 Å². The van der Waals surface area contributed by atoms with Crippen LogP contribution >= 0.6 is 0 Å². The highest BCUT2D eigenvalue weighted by atomic mass is 16.7. The van der Waals surface area contributed by atoms with E-state index in [4.69, 9.17) is 9.47 Å². The van der Waals surface area contributed by atoms with Crippen LogP contribution in [0.15, 0.2) is 66.7 Å². The molecule has 4 heteroatoms. The summed E-state index contributed by atoms with van der Waals surface area (Å²) in [5.41, 5.74) is 3.89. The highest BCUT2D eigenvalue weighted by Gasteiger charge is 2.12. The summed E-state index contributed by atoms with van der Waals surface area (Å²) in [5, 5.41) is 1.17. The molecule has 1 aromatic heterocycles. The maximum absolute atomic E-state index is 11.5. The maximum atomic E-state index is 11.5. The zero-order valence-corrected chi connectivity index (χ0v) is 16.6. The van der Waals surface area contributed by atoms with Gasteiger partial charge in [0.2, 0.25) is 6.79 Å². The van der Waals surface area contributed by atoms with E-state index >= 15 is 0 Å². The van der Waals surface area contributed by atoms with E-state index in [0.29, 0.717) is 11.3 Å². The number of aromatic nitrogens is 1. The van der Waals surface area contributed by atoms with E-state index in [9.17, 15) is 4.79 Å². The Labute approximate surface area is 166 Å². The molecular weight excluding hydrogens is 350 g/mol. The SMILES string of the molecule is C=C(C)C(=O)OCOc1ccc2cc(-c3ccccc3)n(CCCCC)c2c1. The van der Waals surface area contributed by atoms with Crippen molar-refractivity contribution in [3.05, 3.63) is 66.7 Å². The molecule has 0 aliphatic heterocycles. The normalized spacial score (nSPS) is 10.8. The molecule has 0 radical (unpaired) electrons. The van der Waals surface area contributed by atoms with Crippen molar-refractivity contribution in [3.63, 3.8) is 0 Å². The number of unbranched alkanes of at least 4 members (excludes halogenated alkanes) is 2. The number of nitrogens with zero attached hydrogens (tertiary/aromatic N) is 1. The van der Waals surface area contributed by atoms with Gasteiger partial charge in [-0.3, -0.25) is 0 Å². The molecule has 0 fully saturated rings. The zero-order valence-electron chi connectivity index (χ0n) is 16.6. The van der Waals surface area contributed by atoms with Crippen LogP contribution in [0, 0.1) is 0 Å². The summed E-state index contributed by atoms with van der Waals surface area (Å²) >= 11 is 0. The Hall–Kier alpha value is -3.01. The number of aryl methyl sites for hydroxylation is 1. The fraction of sp³-hybridized carbons (Fsp3) is 0.292. The van der Waals surface area contributed by atoms with Crippen molar-refractivity contribution >= 4 is 16.9 Å². The second-order valence-electron chi connectivity index (χ2n) is 6.95. The number of hydrogen-bond acceptors (Lipinski definition) is 3. The van der Waals surface area contributed by atoms with Gasteiger partial charge < -0.3 is 14.0 Å². The molecule has 0 saturated heterocycles. The summed E-state index contributed by atoms with van der Waals surface area (Å²) in [5.74, 6) is 0.229. The number of esters is 1. The third-order valence-electron chi connectivity index (χ3n) is 4.69. The number of fused-ring (bicyclic) bond motifs is 1. The molecule has 0 bridgehead atoms. The smallest absolute Gasteiger partial charge is 0.335 e. The van der Waals surface area contributed by atoms with Crippen molar-refractivity contribution in [2.45, 2.75) is 39.7 Å². The highest BCUT2D eigenvalue weighted by Crippen LogP contribution is 2.31. The van der Waals surface area contributed by atoms with Crippen molar-refractivity contribution < 1.29 is 14.3 Å². The van der Waals surface area contributed by atoms with Crippen LogP contribution in [-0.2, 0) is 16.1 Å².